The van der Waals surface area contributed by atoms with Gasteiger partial charge in [-0.25, -0.2) is 14.1 Å². The summed E-state index contributed by atoms with van der Waals surface area (Å²) in [5.74, 6) is 0.0398. The van der Waals surface area contributed by atoms with Crippen molar-refractivity contribution in [3.8, 4) is 17.1 Å². The van der Waals surface area contributed by atoms with Crippen LogP contribution in [-0.4, -0.2) is 43.0 Å². The van der Waals surface area contributed by atoms with Crippen LogP contribution in [0, 0.1) is 5.82 Å². The zero-order chi connectivity index (χ0) is 21.3. The second-order valence-electron chi connectivity index (χ2n) is 7.64. The van der Waals surface area contributed by atoms with Gasteiger partial charge in [-0.2, -0.15) is 5.10 Å². The van der Waals surface area contributed by atoms with Crippen LogP contribution in [0.25, 0.3) is 23.2 Å². The third-order valence-corrected chi connectivity index (χ3v) is 4.99. The Balaban J connectivity index is 1.84. The van der Waals surface area contributed by atoms with Crippen molar-refractivity contribution in [2.75, 3.05) is 0 Å². The summed E-state index contributed by atoms with van der Waals surface area (Å²) in [6.45, 7) is 4.08. The van der Waals surface area contributed by atoms with Crippen LogP contribution < -0.4 is 0 Å². The number of halogens is 1. The summed E-state index contributed by atoms with van der Waals surface area (Å²) in [6.07, 6.45) is 6.00. The smallest absolute Gasteiger partial charge is 0.309 e. The number of aromatic nitrogens is 4. The van der Waals surface area contributed by atoms with E-state index in [0.29, 0.717) is 12.2 Å². The zero-order valence-corrected chi connectivity index (χ0v) is 16.7. The Morgan fingerprint density at radius 1 is 1.33 bits per heavy atom. The Kier molecular flexibility index (Phi) is 5.50. The lowest BCUT2D eigenvalue weighted by Gasteiger charge is -2.23. The highest BCUT2D eigenvalue weighted by molar-refractivity contribution is 5.76. The topological polar surface area (TPSA) is 93.0 Å². The number of cyclic esters (lactones) is 1. The number of aliphatic hydroxyl groups excluding tert-OH is 1. The monoisotopic (exact) mass is 410 g/mol. The molecule has 1 aromatic carbocycles. The minimum absolute atomic E-state index is 0.0141. The van der Waals surface area contributed by atoms with E-state index in [9.17, 15) is 14.3 Å². The van der Waals surface area contributed by atoms with Crippen molar-refractivity contribution in [3.63, 3.8) is 0 Å². The summed E-state index contributed by atoms with van der Waals surface area (Å²) in [6, 6.07) is 6.21. The van der Waals surface area contributed by atoms with Crippen LogP contribution in [0.1, 0.15) is 43.9 Å². The Morgan fingerprint density at radius 3 is 2.73 bits per heavy atom. The number of nitrogens with zero attached hydrogens (tertiary/aromatic N) is 3. The van der Waals surface area contributed by atoms with Crippen LogP contribution in [-0.2, 0) is 9.53 Å². The number of carbonyl (C=O) groups excluding carboxylic acids is 1. The lowest BCUT2D eigenvalue weighted by molar-refractivity contribution is -0.156. The van der Waals surface area contributed by atoms with Gasteiger partial charge in [-0.3, -0.25) is 4.79 Å². The van der Waals surface area contributed by atoms with E-state index >= 15 is 0 Å². The van der Waals surface area contributed by atoms with Gasteiger partial charge in [-0.05, 0) is 36.3 Å². The molecule has 0 unspecified atom stereocenters. The molecule has 1 fully saturated rings. The molecule has 0 spiro atoms. The molecule has 3 aromatic rings. The highest BCUT2D eigenvalue weighted by Crippen LogP contribution is 2.33. The minimum Gasteiger partial charge on any atom is -0.458 e. The van der Waals surface area contributed by atoms with Crippen molar-refractivity contribution >= 4 is 12.0 Å². The van der Waals surface area contributed by atoms with Gasteiger partial charge in [-0.15, -0.1) is 0 Å². The van der Waals surface area contributed by atoms with Gasteiger partial charge in [0.05, 0.1) is 36.4 Å². The number of ether oxygens (including phenoxy) is 1. The van der Waals surface area contributed by atoms with Crippen LogP contribution in [0.3, 0.4) is 0 Å². The van der Waals surface area contributed by atoms with E-state index in [0.717, 1.165) is 22.5 Å². The first kappa shape index (κ1) is 20.0. The molecule has 0 amide bonds. The van der Waals surface area contributed by atoms with Crippen LogP contribution in [0.15, 0.2) is 42.9 Å². The van der Waals surface area contributed by atoms with Gasteiger partial charge in [0.25, 0.3) is 0 Å². The van der Waals surface area contributed by atoms with E-state index in [1.165, 1.54) is 12.1 Å². The molecule has 2 aromatic heterocycles. The van der Waals surface area contributed by atoms with E-state index in [-0.39, 0.29) is 18.2 Å². The second-order valence-corrected chi connectivity index (χ2v) is 7.64. The molecule has 156 valence electrons. The van der Waals surface area contributed by atoms with E-state index in [4.69, 9.17) is 9.84 Å². The van der Waals surface area contributed by atoms with Gasteiger partial charge in [0, 0.05) is 17.5 Å². The Labute approximate surface area is 173 Å². The van der Waals surface area contributed by atoms with Gasteiger partial charge in [0.1, 0.15) is 11.9 Å². The van der Waals surface area contributed by atoms with Crippen LogP contribution >= 0.6 is 0 Å². The molecule has 3 heterocycles. The third-order valence-electron chi connectivity index (χ3n) is 4.99. The number of rotatable bonds is 5. The standard InChI is InChI=1S/C22H23FN4O3/c1-13(2)21-18(8-7-17-9-16(28)10-20(29)30-17)22(14-3-5-15(23)6-4-14)27(26-21)19-11-24-12-25-19/h3-8,11-13,16-17,28H,9-10H2,1-2H3,(H,24,25)/t16-,17-/m1/s1. The average molecular weight is 410 g/mol. The molecule has 30 heavy (non-hydrogen) atoms. The molecular weight excluding hydrogens is 387 g/mol. The number of aromatic amines is 1. The number of H-pyrrole nitrogens is 1. The summed E-state index contributed by atoms with van der Waals surface area (Å²) in [5.41, 5.74) is 3.22. The van der Waals surface area contributed by atoms with Gasteiger partial charge in [-0.1, -0.05) is 19.9 Å². The molecule has 1 aliphatic rings. The van der Waals surface area contributed by atoms with E-state index in [1.54, 1.807) is 35.4 Å². The largest absolute Gasteiger partial charge is 0.458 e. The fourth-order valence-electron chi connectivity index (χ4n) is 3.59. The summed E-state index contributed by atoms with van der Waals surface area (Å²) >= 11 is 0. The molecule has 4 rings (SSSR count). The second kappa shape index (κ2) is 8.23. The van der Waals surface area contributed by atoms with Crippen LogP contribution in [0.2, 0.25) is 0 Å². The number of carbonyl (C=O) groups is 1. The first-order valence-corrected chi connectivity index (χ1v) is 9.85. The first-order chi connectivity index (χ1) is 14.4. The number of hydrogen-bond donors (Lipinski definition) is 2. The summed E-state index contributed by atoms with van der Waals surface area (Å²) in [7, 11) is 0. The molecule has 0 bridgehead atoms. The van der Waals surface area contributed by atoms with Crippen molar-refractivity contribution in [2.24, 2.45) is 0 Å². The Hall–Kier alpha value is -3.26. The Bertz CT molecular complexity index is 1060. The predicted octanol–water partition coefficient (Wildman–Crippen LogP) is 3.60. The predicted molar refractivity (Wildman–Crippen MR) is 109 cm³/mol. The van der Waals surface area contributed by atoms with Crippen molar-refractivity contribution < 1.29 is 19.0 Å². The van der Waals surface area contributed by atoms with Gasteiger partial charge in [0.15, 0.2) is 5.82 Å². The Morgan fingerprint density at radius 2 is 2.10 bits per heavy atom. The zero-order valence-electron chi connectivity index (χ0n) is 16.7. The number of imidazole rings is 1. The van der Waals surface area contributed by atoms with Gasteiger partial charge >= 0.3 is 5.97 Å². The maximum absolute atomic E-state index is 13.5. The van der Waals surface area contributed by atoms with E-state index in [1.807, 2.05) is 19.9 Å². The fraction of sp³-hybridized carbons (Fsp3) is 0.318. The van der Waals surface area contributed by atoms with Crippen molar-refractivity contribution in [1.29, 1.82) is 0 Å². The molecule has 0 aliphatic carbocycles. The molecule has 8 heteroatoms. The first-order valence-electron chi connectivity index (χ1n) is 9.85. The molecule has 2 atom stereocenters. The fourth-order valence-corrected chi connectivity index (χ4v) is 3.59. The summed E-state index contributed by atoms with van der Waals surface area (Å²) in [5, 5.41) is 14.7. The summed E-state index contributed by atoms with van der Waals surface area (Å²) in [4.78, 5) is 18.8. The lowest BCUT2D eigenvalue weighted by Crippen LogP contribution is -2.31. The van der Waals surface area contributed by atoms with Crippen LogP contribution in [0.4, 0.5) is 4.39 Å². The third kappa shape index (κ3) is 4.04. The number of esters is 1. The average Bonchev–Trinajstić information content (AvgIpc) is 3.34. The quantitative estimate of drug-likeness (QED) is 0.627. The molecule has 1 aliphatic heterocycles. The number of benzene rings is 1. The van der Waals surface area contributed by atoms with E-state index in [2.05, 4.69) is 9.97 Å². The normalized spacial score (nSPS) is 19.6. The van der Waals surface area contributed by atoms with E-state index < -0.39 is 18.2 Å². The number of nitrogens with one attached hydrogen (secondary N) is 1. The highest BCUT2D eigenvalue weighted by Gasteiger charge is 2.26. The molecule has 0 radical (unpaired) electrons. The SMILES string of the molecule is CC(C)c1nn(-c2cnc[nH]2)c(-c2ccc(F)cc2)c1C=C[C@@H]1C[C@@H](O)CC(=O)O1. The molecule has 2 N–H and O–H groups in total. The van der Waals surface area contributed by atoms with Crippen molar-refractivity contribution in [3.05, 3.63) is 59.9 Å². The molecule has 7 nitrogen and oxygen atoms in total. The van der Waals surface area contributed by atoms with Gasteiger partial charge < -0.3 is 14.8 Å². The lowest BCUT2D eigenvalue weighted by atomic mass is 9.98. The molecule has 1 saturated heterocycles. The molecule has 0 saturated carbocycles. The molecular formula is C22H23FN4O3. The maximum atomic E-state index is 13.5. The maximum Gasteiger partial charge on any atom is 0.309 e. The van der Waals surface area contributed by atoms with Crippen LogP contribution in [0.5, 0.6) is 0 Å². The number of aliphatic hydroxyl groups is 1. The number of hydrogen-bond acceptors (Lipinski definition) is 5. The van der Waals surface area contributed by atoms with Crippen molar-refractivity contribution in [1.82, 2.24) is 19.7 Å². The minimum atomic E-state index is -0.713. The highest BCUT2D eigenvalue weighted by atomic mass is 19.1. The summed E-state index contributed by atoms with van der Waals surface area (Å²) < 4.78 is 20.6. The van der Waals surface area contributed by atoms with Crippen molar-refractivity contribution in [2.45, 2.75) is 44.8 Å². The van der Waals surface area contributed by atoms with Gasteiger partial charge in [0.2, 0.25) is 0 Å².